The van der Waals surface area contributed by atoms with Gasteiger partial charge in [-0.05, 0) is 31.0 Å². The molecule has 0 spiro atoms. The van der Waals surface area contributed by atoms with Crippen molar-refractivity contribution < 1.29 is 4.79 Å². The topological polar surface area (TPSA) is 64.0 Å². The zero-order valence-corrected chi connectivity index (χ0v) is 15.6. The first-order valence-electron chi connectivity index (χ1n) is 9.07. The van der Waals surface area contributed by atoms with Crippen LogP contribution < -0.4 is 10.9 Å². The van der Waals surface area contributed by atoms with Crippen molar-refractivity contribution in [2.75, 3.05) is 6.54 Å². The second kappa shape index (κ2) is 8.45. The van der Waals surface area contributed by atoms with Gasteiger partial charge in [0.05, 0.1) is 18.4 Å². The lowest BCUT2D eigenvalue weighted by Crippen LogP contribution is -2.24. The first-order valence-corrected chi connectivity index (χ1v) is 9.07. The van der Waals surface area contributed by atoms with E-state index < -0.39 is 0 Å². The third kappa shape index (κ3) is 4.70. The van der Waals surface area contributed by atoms with E-state index in [1.165, 1.54) is 11.8 Å². The molecule has 0 bridgehead atoms. The van der Waals surface area contributed by atoms with E-state index in [-0.39, 0.29) is 11.5 Å². The van der Waals surface area contributed by atoms with Crippen LogP contribution in [-0.4, -0.2) is 22.0 Å². The lowest BCUT2D eigenvalue weighted by molar-refractivity contribution is 0.0953. The fourth-order valence-corrected chi connectivity index (χ4v) is 2.74. The number of hydrogen-bond acceptors (Lipinski definition) is 3. The number of amides is 1. The Bertz CT molecular complexity index is 974. The second-order valence-electron chi connectivity index (χ2n) is 6.56. The largest absolute Gasteiger partial charge is 0.352 e. The van der Waals surface area contributed by atoms with Crippen molar-refractivity contribution in [2.24, 2.45) is 0 Å². The molecule has 0 saturated heterocycles. The summed E-state index contributed by atoms with van der Waals surface area (Å²) in [6.45, 7) is 5.14. The summed E-state index contributed by atoms with van der Waals surface area (Å²) in [6.07, 6.45) is 4.02. The van der Waals surface area contributed by atoms with Crippen LogP contribution in [0.1, 0.15) is 34.8 Å². The van der Waals surface area contributed by atoms with Gasteiger partial charge in [0.25, 0.3) is 11.5 Å². The SMILES string of the molecule is CCCNC(=O)c1ccc(Cn2cc(-c3ccc(C)cc3)ncc2=O)cc1. The molecule has 138 valence electrons. The van der Waals surface area contributed by atoms with Crippen LogP contribution in [0.5, 0.6) is 0 Å². The molecule has 0 radical (unpaired) electrons. The summed E-state index contributed by atoms with van der Waals surface area (Å²) >= 11 is 0. The van der Waals surface area contributed by atoms with Crippen molar-refractivity contribution in [3.63, 3.8) is 0 Å². The summed E-state index contributed by atoms with van der Waals surface area (Å²) in [7, 11) is 0. The maximum atomic E-state index is 12.2. The summed E-state index contributed by atoms with van der Waals surface area (Å²) in [6, 6.07) is 15.4. The van der Waals surface area contributed by atoms with Crippen molar-refractivity contribution in [3.8, 4) is 11.3 Å². The van der Waals surface area contributed by atoms with Crippen LogP contribution in [0.25, 0.3) is 11.3 Å². The predicted molar refractivity (Wildman–Crippen MR) is 107 cm³/mol. The van der Waals surface area contributed by atoms with Crippen LogP contribution in [-0.2, 0) is 6.54 Å². The lowest BCUT2D eigenvalue weighted by atomic mass is 10.1. The molecule has 0 aliphatic carbocycles. The quantitative estimate of drug-likeness (QED) is 0.732. The number of nitrogens with zero attached hydrogens (tertiary/aromatic N) is 2. The molecule has 3 aromatic rings. The fraction of sp³-hybridized carbons (Fsp3) is 0.227. The number of rotatable bonds is 6. The number of aromatic nitrogens is 2. The highest BCUT2D eigenvalue weighted by Gasteiger charge is 2.07. The van der Waals surface area contributed by atoms with Crippen molar-refractivity contribution in [1.82, 2.24) is 14.9 Å². The Kier molecular flexibility index (Phi) is 5.81. The standard InChI is InChI=1S/C22H23N3O2/c1-3-12-23-22(27)19-10-6-17(7-11-19)14-25-15-20(24-13-21(25)26)18-8-4-16(2)5-9-18/h4-11,13,15H,3,12,14H2,1-2H3,(H,23,27). The highest BCUT2D eigenvalue weighted by molar-refractivity contribution is 5.94. The number of carbonyl (C=O) groups is 1. The van der Waals surface area contributed by atoms with Gasteiger partial charge in [-0.2, -0.15) is 0 Å². The molecular formula is C22H23N3O2. The van der Waals surface area contributed by atoms with Gasteiger partial charge in [-0.3, -0.25) is 9.59 Å². The van der Waals surface area contributed by atoms with Gasteiger partial charge in [0.1, 0.15) is 0 Å². The fourth-order valence-electron chi connectivity index (χ4n) is 2.74. The minimum atomic E-state index is -0.157. The highest BCUT2D eigenvalue weighted by Crippen LogP contribution is 2.16. The summed E-state index contributed by atoms with van der Waals surface area (Å²) < 4.78 is 1.63. The monoisotopic (exact) mass is 361 g/mol. The Balaban J connectivity index is 1.79. The molecule has 1 aromatic heterocycles. The van der Waals surface area contributed by atoms with Crippen molar-refractivity contribution >= 4 is 5.91 Å². The van der Waals surface area contributed by atoms with Gasteiger partial charge in [0.2, 0.25) is 0 Å². The van der Waals surface area contributed by atoms with E-state index in [2.05, 4.69) is 10.3 Å². The van der Waals surface area contributed by atoms with Gasteiger partial charge in [-0.1, -0.05) is 48.9 Å². The Morgan fingerprint density at radius 1 is 1.07 bits per heavy atom. The summed E-state index contributed by atoms with van der Waals surface area (Å²) in [5.41, 5.74) is 4.31. The van der Waals surface area contributed by atoms with Gasteiger partial charge in [0, 0.05) is 23.9 Å². The first kappa shape index (κ1) is 18.6. The molecule has 1 amide bonds. The molecular weight excluding hydrogens is 338 g/mol. The van der Waals surface area contributed by atoms with E-state index >= 15 is 0 Å². The third-order valence-corrected chi connectivity index (χ3v) is 4.33. The lowest BCUT2D eigenvalue weighted by Gasteiger charge is -2.09. The zero-order chi connectivity index (χ0) is 19.2. The van der Waals surface area contributed by atoms with Gasteiger partial charge in [-0.25, -0.2) is 4.98 Å². The average molecular weight is 361 g/mol. The Morgan fingerprint density at radius 2 is 1.78 bits per heavy atom. The van der Waals surface area contributed by atoms with Crippen molar-refractivity contribution in [2.45, 2.75) is 26.8 Å². The molecule has 0 unspecified atom stereocenters. The molecule has 1 heterocycles. The Hall–Kier alpha value is -3.21. The number of carbonyl (C=O) groups excluding carboxylic acids is 1. The second-order valence-corrected chi connectivity index (χ2v) is 6.56. The molecule has 3 rings (SSSR count). The van der Waals surface area contributed by atoms with Crippen molar-refractivity contribution in [3.05, 3.63) is 88.0 Å². The molecule has 0 aliphatic heterocycles. The van der Waals surface area contributed by atoms with E-state index in [9.17, 15) is 9.59 Å². The van der Waals surface area contributed by atoms with E-state index in [0.29, 0.717) is 18.7 Å². The number of aryl methyl sites for hydroxylation is 1. The van der Waals surface area contributed by atoms with Crippen molar-refractivity contribution in [1.29, 1.82) is 0 Å². The van der Waals surface area contributed by atoms with Crippen LogP contribution >= 0.6 is 0 Å². The number of benzene rings is 2. The molecule has 0 aliphatic rings. The maximum Gasteiger partial charge on any atom is 0.269 e. The number of hydrogen-bond donors (Lipinski definition) is 1. The first-order chi connectivity index (χ1) is 13.1. The average Bonchev–Trinajstić information content (AvgIpc) is 2.69. The van der Waals surface area contributed by atoms with Crippen LogP contribution in [0.3, 0.4) is 0 Å². The van der Waals surface area contributed by atoms with E-state index in [1.54, 1.807) is 22.9 Å². The molecule has 5 nitrogen and oxygen atoms in total. The van der Waals surface area contributed by atoms with Gasteiger partial charge in [0.15, 0.2) is 0 Å². The predicted octanol–water partition coefficient (Wildman–Crippen LogP) is 3.41. The minimum Gasteiger partial charge on any atom is -0.352 e. The smallest absolute Gasteiger partial charge is 0.269 e. The highest BCUT2D eigenvalue weighted by atomic mass is 16.1. The normalized spacial score (nSPS) is 10.6. The van der Waals surface area contributed by atoms with Gasteiger partial charge in [-0.15, -0.1) is 0 Å². The van der Waals surface area contributed by atoms with E-state index in [1.807, 2.05) is 50.2 Å². The van der Waals surface area contributed by atoms with E-state index in [0.717, 1.165) is 23.2 Å². The molecule has 27 heavy (non-hydrogen) atoms. The zero-order valence-electron chi connectivity index (χ0n) is 15.6. The van der Waals surface area contributed by atoms with Crippen LogP contribution in [0.4, 0.5) is 0 Å². The summed E-state index contributed by atoms with van der Waals surface area (Å²) in [5, 5.41) is 2.85. The third-order valence-electron chi connectivity index (χ3n) is 4.33. The molecule has 1 N–H and O–H groups in total. The Morgan fingerprint density at radius 3 is 2.44 bits per heavy atom. The maximum absolute atomic E-state index is 12.2. The molecule has 0 atom stereocenters. The minimum absolute atomic E-state index is 0.0777. The van der Waals surface area contributed by atoms with Crippen LogP contribution in [0.15, 0.2) is 65.7 Å². The Labute approximate surface area is 158 Å². The summed E-state index contributed by atoms with van der Waals surface area (Å²) in [4.78, 5) is 28.4. The molecule has 0 saturated carbocycles. The molecule has 0 fully saturated rings. The number of nitrogens with one attached hydrogen (secondary N) is 1. The van der Waals surface area contributed by atoms with Crippen LogP contribution in [0, 0.1) is 6.92 Å². The van der Waals surface area contributed by atoms with Crippen LogP contribution in [0.2, 0.25) is 0 Å². The van der Waals surface area contributed by atoms with E-state index in [4.69, 9.17) is 0 Å². The molecule has 5 heteroatoms. The summed E-state index contributed by atoms with van der Waals surface area (Å²) in [5.74, 6) is -0.0777. The van der Waals surface area contributed by atoms with Gasteiger partial charge < -0.3 is 9.88 Å². The van der Waals surface area contributed by atoms with Gasteiger partial charge >= 0.3 is 0 Å². The molecule has 2 aromatic carbocycles.